The van der Waals surface area contributed by atoms with E-state index in [1.165, 1.54) is 0 Å². The molecule has 1 aromatic heterocycles. The quantitative estimate of drug-likeness (QED) is 0.584. The van der Waals surface area contributed by atoms with Gasteiger partial charge in [0.25, 0.3) is 0 Å². The first kappa shape index (κ1) is 26.6. The first-order valence-electron chi connectivity index (χ1n) is 13.9. The summed E-state index contributed by atoms with van der Waals surface area (Å²) < 4.78 is 5.33. The molecule has 2 amide bonds. The highest BCUT2D eigenvalue weighted by molar-refractivity contribution is 5.77. The van der Waals surface area contributed by atoms with Gasteiger partial charge in [-0.15, -0.1) is 0 Å². The molecule has 9 nitrogen and oxygen atoms in total. The summed E-state index contributed by atoms with van der Waals surface area (Å²) in [6.07, 6.45) is 11.7. The van der Waals surface area contributed by atoms with Crippen molar-refractivity contribution < 1.29 is 14.3 Å². The topological polar surface area (TPSA) is 105 Å². The van der Waals surface area contributed by atoms with Gasteiger partial charge in [-0.25, -0.2) is 14.8 Å². The predicted molar refractivity (Wildman–Crippen MR) is 140 cm³/mol. The maximum atomic E-state index is 12.3. The van der Waals surface area contributed by atoms with Gasteiger partial charge in [-0.05, 0) is 69.8 Å². The number of carbonyl (C=O) groups excluding carboxylic acids is 2. The van der Waals surface area contributed by atoms with E-state index in [0.29, 0.717) is 37.3 Å². The van der Waals surface area contributed by atoms with Crippen LogP contribution in [0.4, 0.5) is 10.7 Å². The smallest absolute Gasteiger partial charge is 0.410 e. The molecule has 0 spiro atoms. The van der Waals surface area contributed by atoms with Gasteiger partial charge in [0.2, 0.25) is 11.9 Å². The second-order valence-corrected chi connectivity index (χ2v) is 11.2. The van der Waals surface area contributed by atoms with E-state index < -0.39 is 0 Å². The van der Waals surface area contributed by atoms with Gasteiger partial charge in [0, 0.05) is 57.6 Å². The zero-order valence-electron chi connectivity index (χ0n) is 22.3. The van der Waals surface area contributed by atoms with Gasteiger partial charge in [-0.3, -0.25) is 4.79 Å². The summed E-state index contributed by atoms with van der Waals surface area (Å²) in [7, 11) is 0. The molecule has 3 saturated heterocycles. The molecule has 3 atom stereocenters. The predicted octanol–water partition coefficient (Wildman–Crippen LogP) is 3.22. The number of likely N-dealkylation sites (tertiary alicyclic amines) is 2. The first-order chi connectivity index (χ1) is 17.3. The molecule has 4 heterocycles. The van der Waals surface area contributed by atoms with Gasteiger partial charge in [0.1, 0.15) is 0 Å². The summed E-state index contributed by atoms with van der Waals surface area (Å²) in [4.78, 5) is 39.7. The van der Waals surface area contributed by atoms with Crippen molar-refractivity contribution in [3.63, 3.8) is 0 Å². The van der Waals surface area contributed by atoms with E-state index in [4.69, 9.17) is 10.5 Å². The van der Waals surface area contributed by atoms with Crippen LogP contribution < -0.4 is 10.6 Å². The molecule has 4 rings (SSSR count). The summed E-state index contributed by atoms with van der Waals surface area (Å²) in [5, 5.41) is 0. The Morgan fingerprint density at radius 2 is 1.83 bits per heavy atom. The SMILES string of the molecule is CC(C)OC(=O)N1CCC([C@H](C)CCCc2cnc(N3C[C@H](N)[C@@H](N4CCCCC4=O)C3)nc2)CC1. The van der Waals surface area contributed by atoms with E-state index in [1.54, 1.807) is 0 Å². The molecule has 9 heteroatoms. The summed E-state index contributed by atoms with van der Waals surface area (Å²) in [5.74, 6) is 2.23. The molecule has 0 radical (unpaired) electrons. The van der Waals surface area contributed by atoms with E-state index in [9.17, 15) is 9.59 Å². The van der Waals surface area contributed by atoms with Crippen molar-refractivity contribution in [1.29, 1.82) is 0 Å². The zero-order chi connectivity index (χ0) is 25.7. The molecule has 3 aliphatic heterocycles. The van der Waals surface area contributed by atoms with Crippen LogP contribution in [0.25, 0.3) is 0 Å². The minimum atomic E-state index is -0.175. The van der Waals surface area contributed by atoms with Crippen LogP contribution in [0.5, 0.6) is 0 Å². The second-order valence-electron chi connectivity index (χ2n) is 11.2. The number of ether oxygens (including phenoxy) is 1. The van der Waals surface area contributed by atoms with Crippen LogP contribution in [-0.4, -0.2) is 82.7 Å². The molecule has 0 aromatic carbocycles. The van der Waals surface area contributed by atoms with Crippen LogP contribution in [-0.2, 0) is 16.0 Å². The highest BCUT2D eigenvalue weighted by Crippen LogP contribution is 2.29. The van der Waals surface area contributed by atoms with Gasteiger partial charge >= 0.3 is 6.09 Å². The molecule has 2 N–H and O–H groups in total. The molecule has 3 aliphatic rings. The summed E-state index contributed by atoms with van der Waals surface area (Å²) >= 11 is 0. The number of amides is 2. The van der Waals surface area contributed by atoms with Crippen LogP contribution in [0, 0.1) is 11.8 Å². The highest BCUT2D eigenvalue weighted by atomic mass is 16.6. The molecule has 1 aromatic rings. The van der Waals surface area contributed by atoms with Gasteiger partial charge < -0.3 is 25.2 Å². The Kier molecular flexibility index (Phi) is 9.04. The molecule has 36 heavy (non-hydrogen) atoms. The van der Waals surface area contributed by atoms with Gasteiger partial charge in [0.05, 0.1) is 12.1 Å². The van der Waals surface area contributed by atoms with E-state index >= 15 is 0 Å². The minimum Gasteiger partial charge on any atom is -0.447 e. The van der Waals surface area contributed by atoms with Crippen molar-refractivity contribution in [3.05, 3.63) is 18.0 Å². The minimum absolute atomic E-state index is 0.0512. The maximum absolute atomic E-state index is 12.3. The van der Waals surface area contributed by atoms with Crippen LogP contribution >= 0.6 is 0 Å². The van der Waals surface area contributed by atoms with Crippen molar-refractivity contribution in [3.8, 4) is 0 Å². The van der Waals surface area contributed by atoms with Gasteiger partial charge in [0.15, 0.2) is 0 Å². The molecule has 0 saturated carbocycles. The molecule has 0 bridgehead atoms. The third-order valence-corrected chi connectivity index (χ3v) is 8.13. The monoisotopic (exact) mass is 500 g/mol. The number of nitrogens with zero attached hydrogens (tertiary/aromatic N) is 5. The lowest BCUT2D eigenvalue weighted by atomic mass is 9.82. The van der Waals surface area contributed by atoms with Crippen LogP contribution in [0.2, 0.25) is 0 Å². The average Bonchev–Trinajstić information content (AvgIpc) is 3.25. The Balaban J connectivity index is 1.19. The third-order valence-electron chi connectivity index (χ3n) is 8.13. The Morgan fingerprint density at radius 3 is 2.50 bits per heavy atom. The summed E-state index contributed by atoms with van der Waals surface area (Å²) in [6, 6.07) is -0.0141. The van der Waals surface area contributed by atoms with Crippen molar-refractivity contribution in [2.75, 3.05) is 37.6 Å². The van der Waals surface area contributed by atoms with Crippen molar-refractivity contribution in [2.24, 2.45) is 17.6 Å². The standard InChI is InChI=1S/C27H44N6O3/c1-19(2)36-27(35)31-13-10-22(11-14-31)20(3)7-6-8-21-15-29-26(30-16-21)32-17-23(28)24(18-32)33-12-5-4-9-25(33)34/h15-16,19-20,22-24H,4-14,17-18,28H2,1-3H3/t20-,23+,24+/m1/s1. The normalized spacial score (nSPS) is 24.5. The number of piperidine rings is 2. The number of aromatic nitrogens is 2. The number of hydrogen-bond acceptors (Lipinski definition) is 7. The third kappa shape index (κ3) is 6.66. The number of rotatable bonds is 8. The fourth-order valence-corrected chi connectivity index (χ4v) is 5.91. The van der Waals surface area contributed by atoms with Gasteiger partial charge in [-0.1, -0.05) is 13.3 Å². The fourth-order valence-electron chi connectivity index (χ4n) is 5.91. The fraction of sp³-hybridized carbons (Fsp3) is 0.778. The van der Waals surface area contributed by atoms with Crippen molar-refractivity contribution in [1.82, 2.24) is 19.8 Å². The average molecular weight is 501 g/mol. The maximum Gasteiger partial charge on any atom is 0.410 e. The van der Waals surface area contributed by atoms with Crippen molar-refractivity contribution in [2.45, 2.75) is 90.3 Å². The number of carbonyl (C=O) groups is 2. The van der Waals surface area contributed by atoms with Crippen LogP contribution in [0.15, 0.2) is 12.4 Å². The Morgan fingerprint density at radius 1 is 1.11 bits per heavy atom. The summed E-state index contributed by atoms with van der Waals surface area (Å²) in [5.41, 5.74) is 7.57. The molecule has 3 fully saturated rings. The van der Waals surface area contributed by atoms with E-state index in [1.807, 2.05) is 36.0 Å². The molecule has 200 valence electrons. The van der Waals surface area contributed by atoms with E-state index in [0.717, 1.165) is 70.1 Å². The van der Waals surface area contributed by atoms with E-state index in [-0.39, 0.29) is 30.2 Å². The van der Waals surface area contributed by atoms with Gasteiger partial charge in [-0.2, -0.15) is 0 Å². The lowest BCUT2D eigenvalue weighted by molar-refractivity contribution is -0.135. The summed E-state index contributed by atoms with van der Waals surface area (Å²) in [6.45, 7) is 9.91. The highest BCUT2D eigenvalue weighted by Gasteiger charge is 2.38. The lowest BCUT2D eigenvalue weighted by Gasteiger charge is -2.34. The Hall–Kier alpha value is -2.42. The zero-order valence-corrected chi connectivity index (χ0v) is 22.3. The molecular weight excluding hydrogens is 456 g/mol. The Labute approximate surface area is 215 Å². The first-order valence-corrected chi connectivity index (χ1v) is 13.9. The number of anilines is 1. The molecular formula is C27H44N6O3. The largest absolute Gasteiger partial charge is 0.447 e. The molecule has 0 unspecified atom stereocenters. The lowest BCUT2D eigenvalue weighted by Crippen LogP contribution is -2.51. The van der Waals surface area contributed by atoms with Crippen LogP contribution in [0.1, 0.15) is 71.3 Å². The van der Waals surface area contributed by atoms with E-state index in [2.05, 4.69) is 21.8 Å². The number of nitrogens with two attached hydrogens (primary N) is 1. The number of aryl methyl sites for hydroxylation is 1. The van der Waals surface area contributed by atoms with Crippen molar-refractivity contribution >= 4 is 17.9 Å². The Bertz CT molecular complexity index is 871. The second kappa shape index (κ2) is 12.2. The van der Waals surface area contributed by atoms with Crippen LogP contribution in [0.3, 0.4) is 0 Å². The number of hydrogen-bond donors (Lipinski definition) is 1. The molecule has 0 aliphatic carbocycles.